The van der Waals surface area contributed by atoms with E-state index in [-0.39, 0.29) is 24.6 Å². The fraction of sp³-hybridized carbons (Fsp3) is 0.471. The maximum absolute atomic E-state index is 13.9. The molecule has 9 nitrogen and oxygen atoms in total. The van der Waals surface area contributed by atoms with E-state index in [9.17, 15) is 9.18 Å². The molecule has 0 spiro atoms. The van der Waals surface area contributed by atoms with Gasteiger partial charge < -0.3 is 29.2 Å². The van der Waals surface area contributed by atoms with Gasteiger partial charge in [0, 0.05) is 54.8 Å². The van der Waals surface area contributed by atoms with Crippen molar-refractivity contribution in [1.82, 2.24) is 19.8 Å². The SMILES string of the molecule is [C-]#[N+]C[C@H]1CN(c2nc(OC(C)C3(CN(C)C)CC3)nc3c2CCN(c2cccc4cccc(Cl)c24)C3)CCN1C(=O)C(=C)F. The van der Waals surface area contributed by atoms with Crippen molar-refractivity contribution < 1.29 is 13.9 Å². The second kappa shape index (κ2) is 12.5. The summed E-state index contributed by atoms with van der Waals surface area (Å²) in [4.78, 5) is 34.2. The van der Waals surface area contributed by atoms with Gasteiger partial charge in [-0.2, -0.15) is 9.97 Å². The van der Waals surface area contributed by atoms with Crippen LogP contribution >= 0.6 is 11.6 Å². The maximum atomic E-state index is 13.9. The van der Waals surface area contributed by atoms with E-state index in [0.717, 1.165) is 59.5 Å². The zero-order valence-corrected chi connectivity index (χ0v) is 26.9. The Morgan fingerprint density at radius 3 is 2.64 bits per heavy atom. The minimum atomic E-state index is -1.01. The number of amides is 1. The Labute approximate surface area is 269 Å². The molecule has 3 aromatic rings. The van der Waals surface area contributed by atoms with Gasteiger partial charge in [-0.25, -0.2) is 11.0 Å². The monoisotopic (exact) mass is 631 g/mol. The van der Waals surface area contributed by atoms with E-state index in [0.29, 0.717) is 37.1 Å². The summed E-state index contributed by atoms with van der Waals surface area (Å²) >= 11 is 6.71. The molecular formula is C34H39ClFN7O2. The molecule has 0 N–H and O–H groups in total. The number of benzene rings is 2. The average molecular weight is 632 g/mol. The molecule has 0 radical (unpaired) electrons. The van der Waals surface area contributed by atoms with Crippen molar-refractivity contribution in [2.24, 2.45) is 5.41 Å². The van der Waals surface area contributed by atoms with Crippen molar-refractivity contribution in [3.05, 3.63) is 76.5 Å². The van der Waals surface area contributed by atoms with Crippen LogP contribution in [0.1, 0.15) is 31.0 Å². The van der Waals surface area contributed by atoms with Crippen LogP contribution in [0.25, 0.3) is 15.6 Å². The molecule has 11 heteroatoms. The molecule has 1 unspecified atom stereocenters. The van der Waals surface area contributed by atoms with Crippen molar-refractivity contribution in [3.8, 4) is 6.01 Å². The standard InChI is InChI=1S/C34H39ClFN7O2/c1-22(36)32(44)43-17-16-42(19-25(43)18-37-3)31-26-12-15-41(29-11-7-9-24-8-6-10-27(35)30(24)29)20-28(26)38-33(39-31)45-23(2)34(13-14-34)21-40(4)5/h6-11,23,25H,1,12-21H2,2,4-5H3/t23?,25-/m0/s1. The van der Waals surface area contributed by atoms with Gasteiger partial charge >= 0.3 is 6.01 Å². The smallest absolute Gasteiger partial charge is 0.318 e. The van der Waals surface area contributed by atoms with Crippen molar-refractivity contribution in [2.75, 3.05) is 63.2 Å². The van der Waals surface area contributed by atoms with Gasteiger partial charge in [-0.05, 0) is 57.8 Å². The van der Waals surface area contributed by atoms with Gasteiger partial charge in [-0.15, -0.1) is 0 Å². The van der Waals surface area contributed by atoms with E-state index in [1.807, 2.05) is 12.1 Å². The van der Waals surface area contributed by atoms with Crippen molar-refractivity contribution in [1.29, 1.82) is 0 Å². The van der Waals surface area contributed by atoms with E-state index < -0.39 is 17.8 Å². The lowest BCUT2D eigenvalue weighted by molar-refractivity contribution is -0.131. The van der Waals surface area contributed by atoms with Gasteiger partial charge in [0.05, 0.1) is 17.3 Å². The molecular weight excluding hydrogens is 593 g/mol. The summed E-state index contributed by atoms with van der Waals surface area (Å²) in [5, 5.41) is 2.80. The number of carbonyl (C=O) groups is 1. The highest BCUT2D eigenvalue weighted by Gasteiger charge is 2.49. The van der Waals surface area contributed by atoms with Gasteiger partial charge in [-0.3, -0.25) is 4.79 Å². The molecule has 0 bridgehead atoms. The fourth-order valence-corrected chi connectivity index (χ4v) is 7.23. The number of hydrogen-bond donors (Lipinski definition) is 0. The van der Waals surface area contributed by atoms with Crippen LogP contribution in [-0.2, 0) is 17.8 Å². The highest BCUT2D eigenvalue weighted by molar-refractivity contribution is 6.36. The summed E-state index contributed by atoms with van der Waals surface area (Å²) in [5.41, 5.74) is 3.03. The van der Waals surface area contributed by atoms with Gasteiger partial charge in [0.1, 0.15) is 18.0 Å². The first-order valence-corrected chi connectivity index (χ1v) is 15.8. The second-order valence-electron chi connectivity index (χ2n) is 12.7. The first-order chi connectivity index (χ1) is 21.6. The van der Waals surface area contributed by atoms with Crippen LogP contribution in [-0.4, -0.2) is 91.2 Å². The maximum Gasteiger partial charge on any atom is 0.318 e. The largest absolute Gasteiger partial charge is 0.460 e. The van der Waals surface area contributed by atoms with Crippen molar-refractivity contribution in [3.63, 3.8) is 0 Å². The van der Waals surface area contributed by atoms with Crippen LogP contribution in [0, 0.1) is 12.0 Å². The van der Waals surface area contributed by atoms with Crippen LogP contribution < -0.4 is 14.5 Å². The Balaban J connectivity index is 1.36. The van der Waals surface area contributed by atoms with E-state index in [2.05, 4.69) is 71.4 Å². The van der Waals surface area contributed by atoms with E-state index >= 15 is 0 Å². The highest BCUT2D eigenvalue weighted by atomic mass is 35.5. The molecule has 1 aliphatic carbocycles. The lowest BCUT2D eigenvalue weighted by Crippen LogP contribution is -2.57. The number of ether oxygens (including phenoxy) is 1. The van der Waals surface area contributed by atoms with E-state index in [1.165, 1.54) is 4.90 Å². The Morgan fingerprint density at radius 1 is 1.20 bits per heavy atom. The highest BCUT2D eigenvalue weighted by Crippen LogP contribution is 2.50. The summed E-state index contributed by atoms with van der Waals surface area (Å²) in [6, 6.07) is 12.0. The minimum Gasteiger partial charge on any atom is -0.460 e. The van der Waals surface area contributed by atoms with Crippen LogP contribution in [0.2, 0.25) is 5.02 Å². The molecule has 236 valence electrons. The number of rotatable bonds is 9. The fourth-order valence-electron chi connectivity index (χ4n) is 6.95. The molecule has 1 saturated carbocycles. The lowest BCUT2D eigenvalue weighted by atomic mass is 10.00. The summed E-state index contributed by atoms with van der Waals surface area (Å²) in [7, 11) is 4.16. The molecule has 3 aliphatic rings. The Bertz CT molecular complexity index is 1660. The Hall–Kier alpha value is -3.94. The molecule has 2 aliphatic heterocycles. The van der Waals surface area contributed by atoms with Crippen LogP contribution in [0.4, 0.5) is 15.9 Å². The molecule has 6 rings (SSSR count). The molecule has 2 aromatic carbocycles. The molecule has 1 amide bonds. The molecule has 3 heterocycles. The predicted molar refractivity (Wildman–Crippen MR) is 175 cm³/mol. The first kappa shape index (κ1) is 31.1. The third-order valence-corrected chi connectivity index (χ3v) is 9.76. The van der Waals surface area contributed by atoms with Gasteiger partial charge in [0.2, 0.25) is 6.54 Å². The van der Waals surface area contributed by atoms with E-state index in [1.54, 1.807) is 0 Å². The number of aromatic nitrogens is 2. The molecule has 2 fully saturated rings. The number of piperazine rings is 1. The second-order valence-corrected chi connectivity index (χ2v) is 13.2. The normalized spacial score (nSPS) is 19.7. The first-order valence-electron chi connectivity index (χ1n) is 15.5. The van der Waals surface area contributed by atoms with Gasteiger partial charge in [0.25, 0.3) is 5.91 Å². The van der Waals surface area contributed by atoms with Crippen LogP contribution in [0.3, 0.4) is 0 Å². The minimum absolute atomic E-state index is 0.0614. The summed E-state index contributed by atoms with van der Waals surface area (Å²) < 4.78 is 20.4. The number of fused-ring (bicyclic) bond motifs is 2. The number of carbonyl (C=O) groups excluding carboxylic acids is 1. The predicted octanol–water partition coefficient (Wildman–Crippen LogP) is 5.37. The third kappa shape index (κ3) is 6.16. The zero-order valence-electron chi connectivity index (χ0n) is 26.1. The number of anilines is 2. The van der Waals surface area contributed by atoms with E-state index in [4.69, 9.17) is 32.9 Å². The van der Waals surface area contributed by atoms with Crippen LogP contribution in [0.15, 0.2) is 48.8 Å². The Morgan fingerprint density at radius 2 is 1.96 bits per heavy atom. The van der Waals surface area contributed by atoms with Gasteiger partial charge in [0.15, 0.2) is 5.83 Å². The molecule has 1 saturated heterocycles. The quantitative estimate of drug-likeness (QED) is 0.232. The molecule has 45 heavy (non-hydrogen) atoms. The molecule has 2 atom stereocenters. The van der Waals surface area contributed by atoms with Gasteiger partial charge in [-0.1, -0.05) is 42.4 Å². The number of halogens is 2. The van der Waals surface area contributed by atoms with Crippen molar-refractivity contribution >= 4 is 39.8 Å². The molecule has 1 aromatic heterocycles. The Kier molecular flexibility index (Phi) is 8.59. The summed E-state index contributed by atoms with van der Waals surface area (Å²) in [5.74, 6) is -1.01. The topological polar surface area (TPSA) is 69.4 Å². The average Bonchev–Trinajstić information content (AvgIpc) is 3.80. The zero-order chi connectivity index (χ0) is 31.9. The number of nitrogens with zero attached hydrogens (tertiary/aromatic N) is 7. The van der Waals surface area contributed by atoms with Crippen molar-refractivity contribution in [2.45, 2.75) is 44.9 Å². The third-order valence-electron chi connectivity index (χ3n) is 9.44. The van der Waals surface area contributed by atoms with Crippen LogP contribution in [0.5, 0.6) is 6.01 Å². The summed E-state index contributed by atoms with van der Waals surface area (Å²) in [6.07, 6.45) is 2.80. The number of hydrogen-bond acceptors (Lipinski definition) is 7. The summed E-state index contributed by atoms with van der Waals surface area (Å²) in [6.45, 7) is 16.1. The lowest BCUT2D eigenvalue weighted by Gasteiger charge is -2.41.